The molecule has 0 aliphatic carbocycles. The van der Waals surface area contributed by atoms with Crippen LogP contribution in [0.3, 0.4) is 0 Å². The van der Waals surface area contributed by atoms with E-state index in [-0.39, 0.29) is 11.8 Å². The highest BCUT2D eigenvalue weighted by Gasteiger charge is 2.45. The number of nitrogens with one attached hydrogen (secondary N) is 1. The lowest BCUT2D eigenvalue weighted by molar-refractivity contribution is -0.0501. The van der Waals surface area contributed by atoms with Crippen molar-refractivity contribution in [3.05, 3.63) is 28.7 Å². The van der Waals surface area contributed by atoms with Crippen LogP contribution in [0.15, 0.2) is 28.9 Å². The summed E-state index contributed by atoms with van der Waals surface area (Å²) in [7, 11) is 0. The highest BCUT2D eigenvalue weighted by atomic mass is 32.1. The number of hydrazone groups is 1. The maximum atomic E-state index is 10.4. The predicted octanol–water partition coefficient (Wildman–Crippen LogP) is -0.473. The second-order valence-corrected chi connectivity index (χ2v) is 6.83. The summed E-state index contributed by atoms with van der Waals surface area (Å²) in [4.78, 5) is 13.3. The number of nitrogens with zero attached hydrogens (tertiary/aromatic N) is 5. The molecule has 11 nitrogen and oxygen atoms in total. The van der Waals surface area contributed by atoms with Gasteiger partial charge in [-0.2, -0.15) is 5.10 Å². The molecule has 1 fully saturated rings. The molecular formula is C15H17N7O4S. The smallest absolute Gasteiger partial charge is 0.228 e. The summed E-state index contributed by atoms with van der Waals surface area (Å²) in [5, 5.41) is 35.9. The van der Waals surface area contributed by atoms with E-state index >= 15 is 0 Å². The summed E-state index contributed by atoms with van der Waals surface area (Å²) in [6, 6.07) is 3.80. The number of nitrogen functional groups attached to an aromatic ring is 1. The van der Waals surface area contributed by atoms with E-state index in [0.717, 1.165) is 4.88 Å². The Hall–Kier alpha value is -2.64. The van der Waals surface area contributed by atoms with Gasteiger partial charge in [0.25, 0.3) is 0 Å². The molecule has 3 aromatic rings. The van der Waals surface area contributed by atoms with Crippen molar-refractivity contribution in [1.29, 1.82) is 0 Å². The summed E-state index contributed by atoms with van der Waals surface area (Å²) < 4.78 is 7.04. The topological polar surface area (TPSA) is 164 Å². The highest BCUT2D eigenvalue weighted by molar-refractivity contribution is 7.11. The molecule has 0 unspecified atom stereocenters. The summed E-state index contributed by atoms with van der Waals surface area (Å²) >= 11 is 1.51. The molecule has 4 heterocycles. The van der Waals surface area contributed by atoms with E-state index in [1.165, 1.54) is 22.2 Å². The van der Waals surface area contributed by atoms with Gasteiger partial charge in [0.15, 0.2) is 23.2 Å². The van der Waals surface area contributed by atoms with Crippen LogP contribution in [0.2, 0.25) is 0 Å². The zero-order valence-electron chi connectivity index (χ0n) is 13.9. The Morgan fingerprint density at radius 2 is 2.22 bits per heavy atom. The van der Waals surface area contributed by atoms with Crippen LogP contribution in [0.4, 0.5) is 11.8 Å². The van der Waals surface area contributed by atoms with Gasteiger partial charge in [-0.05, 0) is 11.4 Å². The van der Waals surface area contributed by atoms with Gasteiger partial charge >= 0.3 is 0 Å². The lowest BCUT2D eigenvalue weighted by Crippen LogP contribution is -2.33. The zero-order chi connectivity index (χ0) is 19.0. The van der Waals surface area contributed by atoms with Gasteiger partial charge in [-0.15, -0.1) is 11.3 Å². The van der Waals surface area contributed by atoms with Crippen LogP contribution in [0.5, 0.6) is 0 Å². The van der Waals surface area contributed by atoms with E-state index in [1.807, 2.05) is 17.5 Å². The van der Waals surface area contributed by atoms with Gasteiger partial charge in [-0.25, -0.2) is 20.4 Å². The summed E-state index contributed by atoms with van der Waals surface area (Å²) in [5.41, 5.74) is 9.25. The molecule has 1 aliphatic heterocycles. The second kappa shape index (κ2) is 7.17. The van der Waals surface area contributed by atoms with Crippen LogP contribution in [0.1, 0.15) is 11.1 Å². The second-order valence-electron chi connectivity index (χ2n) is 5.85. The molecule has 6 N–H and O–H groups in total. The zero-order valence-corrected chi connectivity index (χ0v) is 14.7. The number of ether oxygens (including phenoxy) is 1. The van der Waals surface area contributed by atoms with Crippen molar-refractivity contribution in [3.63, 3.8) is 0 Å². The van der Waals surface area contributed by atoms with Crippen molar-refractivity contribution in [2.75, 3.05) is 17.8 Å². The number of hydrogen-bond donors (Lipinski definition) is 5. The number of rotatable bonds is 5. The first kappa shape index (κ1) is 17.8. The normalized spacial score (nSPS) is 25.6. The molecule has 4 rings (SSSR count). The third-order valence-corrected chi connectivity index (χ3v) is 4.98. The van der Waals surface area contributed by atoms with Crippen LogP contribution in [0.25, 0.3) is 11.2 Å². The Morgan fingerprint density at radius 1 is 1.37 bits per heavy atom. The largest absolute Gasteiger partial charge is 0.394 e. The minimum absolute atomic E-state index is 0.149. The van der Waals surface area contributed by atoms with Crippen molar-refractivity contribution in [1.82, 2.24) is 19.5 Å². The van der Waals surface area contributed by atoms with Crippen LogP contribution >= 0.6 is 11.3 Å². The van der Waals surface area contributed by atoms with E-state index in [2.05, 4.69) is 25.5 Å². The standard InChI is InChI=1S/C15H17N7O4S/c16-12-9-13(18-6-17-12)22(14-11(25)10(24)8(5-23)26-14)15(20-9)21-19-4-7-2-1-3-27-7/h1-4,6,8,10-11,14,23-25H,5H2,(H,20,21)(H2,16,17,18)/b19-4-/t8-,10+,11-,14+/m0/s1. The van der Waals surface area contributed by atoms with Gasteiger partial charge in [-0.1, -0.05) is 6.07 Å². The Morgan fingerprint density at radius 3 is 2.93 bits per heavy atom. The first-order valence-electron chi connectivity index (χ1n) is 8.03. The molecule has 12 heteroatoms. The SMILES string of the molecule is Nc1ncnc2c1nc(N/N=C\c1cccs1)n2[C@@H]1O[C@@H](CO)[C@@H](O)[C@@H]1O. The molecular weight excluding hydrogens is 374 g/mol. The summed E-state index contributed by atoms with van der Waals surface area (Å²) in [6.07, 6.45) is -1.69. The molecule has 3 aromatic heterocycles. The van der Waals surface area contributed by atoms with Gasteiger partial charge in [0.2, 0.25) is 5.95 Å². The molecule has 0 amide bonds. The van der Waals surface area contributed by atoms with Crippen molar-refractivity contribution >= 4 is 40.5 Å². The summed E-state index contributed by atoms with van der Waals surface area (Å²) in [5.74, 6) is 0.343. The fraction of sp³-hybridized carbons (Fsp3) is 0.333. The molecule has 0 radical (unpaired) electrons. The Balaban J connectivity index is 1.74. The number of hydrogen-bond acceptors (Lipinski definition) is 11. The molecule has 1 aliphatic rings. The van der Waals surface area contributed by atoms with Crippen LogP contribution in [-0.2, 0) is 4.74 Å². The number of aromatic nitrogens is 4. The van der Waals surface area contributed by atoms with Crippen LogP contribution < -0.4 is 11.2 Å². The van der Waals surface area contributed by atoms with Gasteiger partial charge in [0.05, 0.1) is 12.8 Å². The number of fused-ring (bicyclic) bond motifs is 1. The van der Waals surface area contributed by atoms with Gasteiger partial charge in [-0.3, -0.25) is 4.57 Å². The highest BCUT2D eigenvalue weighted by Crippen LogP contribution is 2.35. The summed E-state index contributed by atoms with van der Waals surface area (Å²) in [6.45, 7) is -0.447. The first-order valence-corrected chi connectivity index (χ1v) is 8.91. The number of imidazole rings is 1. The van der Waals surface area contributed by atoms with Crippen molar-refractivity contribution in [2.45, 2.75) is 24.5 Å². The molecule has 142 valence electrons. The maximum Gasteiger partial charge on any atom is 0.228 e. The molecule has 1 saturated heterocycles. The Labute approximate surface area is 156 Å². The number of anilines is 2. The number of aliphatic hydroxyl groups is 3. The Kier molecular flexibility index (Phi) is 4.72. The first-order chi connectivity index (χ1) is 13.1. The third kappa shape index (κ3) is 3.13. The van der Waals surface area contributed by atoms with E-state index < -0.39 is 31.1 Å². The van der Waals surface area contributed by atoms with E-state index in [0.29, 0.717) is 11.2 Å². The Bertz CT molecular complexity index is 961. The lowest BCUT2D eigenvalue weighted by Gasteiger charge is -2.18. The van der Waals surface area contributed by atoms with E-state index in [9.17, 15) is 15.3 Å². The van der Waals surface area contributed by atoms with Crippen molar-refractivity contribution in [2.24, 2.45) is 5.10 Å². The van der Waals surface area contributed by atoms with Gasteiger partial charge in [0.1, 0.15) is 24.6 Å². The van der Waals surface area contributed by atoms with E-state index in [1.54, 1.807) is 6.21 Å². The maximum absolute atomic E-state index is 10.4. The van der Waals surface area contributed by atoms with Crippen LogP contribution in [0, 0.1) is 0 Å². The molecule has 4 atom stereocenters. The fourth-order valence-corrected chi connectivity index (χ4v) is 3.44. The number of aliphatic hydroxyl groups excluding tert-OH is 3. The van der Waals surface area contributed by atoms with Gasteiger partial charge < -0.3 is 25.8 Å². The molecule has 0 saturated carbocycles. The monoisotopic (exact) mass is 391 g/mol. The van der Waals surface area contributed by atoms with Crippen molar-refractivity contribution in [3.8, 4) is 0 Å². The average molecular weight is 391 g/mol. The quantitative estimate of drug-likeness (QED) is 0.285. The van der Waals surface area contributed by atoms with Crippen molar-refractivity contribution < 1.29 is 20.1 Å². The predicted molar refractivity (Wildman–Crippen MR) is 98.3 cm³/mol. The van der Waals surface area contributed by atoms with E-state index in [4.69, 9.17) is 10.5 Å². The average Bonchev–Trinajstić information content (AvgIpc) is 3.36. The number of nitrogens with two attached hydrogens (primary N) is 1. The minimum Gasteiger partial charge on any atom is -0.394 e. The number of thiophene rings is 1. The third-order valence-electron chi connectivity index (χ3n) is 4.18. The molecule has 0 spiro atoms. The lowest BCUT2D eigenvalue weighted by atomic mass is 10.1. The fourth-order valence-electron chi connectivity index (χ4n) is 2.86. The molecule has 0 aromatic carbocycles. The van der Waals surface area contributed by atoms with Crippen LogP contribution in [-0.4, -0.2) is 66.0 Å². The molecule has 27 heavy (non-hydrogen) atoms. The minimum atomic E-state index is -1.31. The molecule has 0 bridgehead atoms. The van der Waals surface area contributed by atoms with Gasteiger partial charge in [0, 0.05) is 4.88 Å².